The standard InChI is InChI=1S/C20H22N6OS/c1-13-6-8-21-19(10-13)25-18-5-3-4-16(24-18)17-11-22-20(28-17)26-9-7-15(12-26)23-14(2)27/h3-6,8,10-11,15H,7,9,12H2,1-2H3,(H,23,27)(H,21,24,25). The van der Waals surface area contributed by atoms with Gasteiger partial charge in [-0.15, -0.1) is 0 Å². The first kappa shape index (κ1) is 18.4. The van der Waals surface area contributed by atoms with E-state index in [9.17, 15) is 4.79 Å². The molecule has 0 spiro atoms. The molecule has 0 saturated carbocycles. The van der Waals surface area contributed by atoms with Gasteiger partial charge in [-0.05, 0) is 43.2 Å². The van der Waals surface area contributed by atoms with Crippen molar-refractivity contribution in [2.75, 3.05) is 23.3 Å². The summed E-state index contributed by atoms with van der Waals surface area (Å²) < 4.78 is 0. The largest absolute Gasteiger partial charge is 0.352 e. The highest BCUT2D eigenvalue weighted by molar-refractivity contribution is 7.18. The van der Waals surface area contributed by atoms with Crippen LogP contribution in [0.2, 0.25) is 0 Å². The number of nitrogens with zero attached hydrogens (tertiary/aromatic N) is 4. The smallest absolute Gasteiger partial charge is 0.217 e. The third-order valence-electron chi connectivity index (χ3n) is 4.53. The molecule has 1 atom stereocenters. The monoisotopic (exact) mass is 394 g/mol. The van der Waals surface area contributed by atoms with Gasteiger partial charge in [0.1, 0.15) is 11.6 Å². The average molecular weight is 395 g/mol. The van der Waals surface area contributed by atoms with E-state index in [4.69, 9.17) is 4.98 Å². The van der Waals surface area contributed by atoms with E-state index in [2.05, 4.69) is 25.5 Å². The van der Waals surface area contributed by atoms with Gasteiger partial charge >= 0.3 is 0 Å². The summed E-state index contributed by atoms with van der Waals surface area (Å²) in [5.41, 5.74) is 2.02. The summed E-state index contributed by atoms with van der Waals surface area (Å²) in [6.45, 7) is 5.28. The number of carbonyl (C=O) groups excluding carboxylic acids is 1. The molecule has 4 rings (SSSR count). The Kier molecular flexibility index (Phi) is 5.21. The molecule has 4 heterocycles. The van der Waals surface area contributed by atoms with Gasteiger partial charge in [-0.3, -0.25) is 4.79 Å². The summed E-state index contributed by atoms with van der Waals surface area (Å²) in [5, 5.41) is 7.20. The molecule has 1 fully saturated rings. The molecular formula is C20H22N6OS. The van der Waals surface area contributed by atoms with Crippen molar-refractivity contribution in [1.29, 1.82) is 0 Å². The fourth-order valence-corrected chi connectivity index (χ4v) is 4.17. The Labute approximate surface area is 167 Å². The normalized spacial score (nSPS) is 16.2. The lowest BCUT2D eigenvalue weighted by atomic mass is 10.3. The van der Waals surface area contributed by atoms with Crippen molar-refractivity contribution in [2.24, 2.45) is 0 Å². The first-order valence-electron chi connectivity index (χ1n) is 9.22. The summed E-state index contributed by atoms with van der Waals surface area (Å²) in [4.78, 5) is 28.1. The zero-order valence-corrected chi connectivity index (χ0v) is 16.7. The van der Waals surface area contributed by atoms with E-state index < -0.39 is 0 Å². The number of hydrogen-bond donors (Lipinski definition) is 2. The summed E-state index contributed by atoms with van der Waals surface area (Å²) in [7, 11) is 0. The Balaban J connectivity index is 1.47. The molecule has 1 aliphatic rings. The second kappa shape index (κ2) is 7.93. The topological polar surface area (TPSA) is 83.0 Å². The molecule has 0 radical (unpaired) electrons. The predicted octanol–water partition coefficient (Wildman–Crippen LogP) is 3.37. The van der Waals surface area contributed by atoms with Crippen LogP contribution in [0.4, 0.5) is 16.8 Å². The van der Waals surface area contributed by atoms with Crippen LogP contribution in [0.5, 0.6) is 0 Å². The van der Waals surface area contributed by atoms with E-state index >= 15 is 0 Å². The number of nitrogens with one attached hydrogen (secondary N) is 2. The van der Waals surface area contributed by atoms with E-state index in [-0.39, 0.29) is 11.9 Å². The Hall–Kier alpha value is -3.00. The van der Waals surface area contributed by atoms with Crippen molar-refractivity contribution in [3.63, 3.8) is 0 Å². The van der Waals surface area contributed by atoms with Crippen LogP contribution in [0, 0.1) is 6.92 Å². The van der Waals surface area contributed by atoms with Gasteiger partial charge in [0, 0.05) is 38.4 Å². The third kappa shape index (κ3) is 4.28. The van der Waals surface area contributed by atoms with Gasteiger partial charge in [0.05, 0.1) is 10.6 Å². The molecular weight excluding hydrogens is 372 g/mol. The van der Waals surface area contributed by atoms with Gasteiger partial charge in [-0.1, -0.05) is 17.4 Å². The van der Waals surface area contributed by atoms with Crippen LogP contribution in [-0.4, -0.2) is 40.0 Å². The average Bonchev–Trinajstić information content (AvgIpc) is 3.31. The van der Waals surface area contributed by atoms with Crippen molar-refractivity contribution in [2.45, 2.75) is 26.3 Å². The van der Waals surface area contributed by atoms with Crippen molar-refractivity contribution in [3.05, 3.63) is 48.3 Å². The van der Waals surface area contributed by atoms with Crippen molar-refractivity contribution >= 4 is 34.0 Å². The second-order valence-corrected chi connectivity index (χ2v) is 7.90. The highest BCUT2D eigenvalue weighted by Gasteiger charge is 2.25. The molecule has 3 aromatic rings. The maximum Gasteiger partial charge on any atom is 0.217 e. The number of hydrogen-bond acceptors (Lipinski definition) is 7. The fourth-order valence-electron chi connectivity index (χ4n) is 3.25. The highest BCUT2D eigenvalue weighted by atomic mass is 32.1. The summed E-state index contributed by atoms with van der Waals surface area (Å²) >= 11 is 1.62. The first-order valence-corrected chi connectivity index (χ1v) is 10.0. The van der Waals surface area contributed by atoms with Crippen LogP contribution in [0.25, 0.3) is 10.6 Å². The molecule has 0 aliphatic carbocycles. The fraction of sp³-hybridized carbons (Fsp3) is 0.300. The molecule has 144 valence electrons. The lowest BCUT2D eigenvalue weighted by molar-refractivity contribution is -0.119. The number of thiazole rings is 1. The molecule has 1 aliphatic heterocycles. The van der Waals surface area contributed by atoms with Crippen molar-refractivity contribution in [3.8, 4) is 10.6 Å². The number of rotatable bonds is 5. The molecule has 2 N–H and O–H groups in total. The molecule has 28 heavy (non-hydrogen) atoms. The lowest BCUT2D eigenvalue weighted by Crippen LogP contribution is -2.35. The van der Waals surface area contributed by atoms with Crippen molar-refractivity contribution in [1.82, 2.24) is 20.3 Å². The minimum absolute atomic E-state index is 0.0169. The van der Waals surface area contributed by atoms with Gasteiger partial charge in [0.2, 0.25) is 5.91 Å². The Morgan fingerprint density at radius 3 is 2.96 bits per heavy atom. The SMILES string of the molecule is CC(=O)NC1CCN(c2ncc(-c3cccc(Nc4cc(C)ccn4)n3)s2)C1. The number of amides is 1. The molecule has 3 aromatic heterocycles. The zero-order chi connectivity index (χ0) is 19.5. The molecule has 1 unspecified atom stereocenters. The minimum Gasteiger partial charge on any atom is -0.352 e. The van der Waals surface area contributed by atoms with Crippen LogP contribution >= 0.6 is 11.3 Å². The van der Waals surface area contributed by atoms with E-state index in [0.29, 0.717) is 0 Å². The minimum atomic E-state index is 0.0169. The quantitative estimate of drug-likeness (QED) is 0.690. The third-order valence-corrected chi connectivity index (χ3v) is 5.61. The molecule has 8 heteroatoms. The molecule has 7 nitrogen and oxygen atoms in total. The van der Waals surface area contributed by atoms with Crippen LogP contribution in [0.15, 0.2) is 42.7 Å². The van der Waals surface area contributed by atoms with Crippen LogP contribution in [0.3, 0.4) is 0 Å². The summed E-state index contributed by atoms with van der Waals surface area (Å²) in [6, 6.07) is 10.0. The van der Waals surface area contributed by atoms with Gasteiger partial charge in [0.25, 0.3) is 0 Å². The Morgan fingerprint density at radius 1 is 1.25 bits per heavy atom. The number of anilines is 3. The maximum atomic E-state index is 11.3. The summed E-state index contributed by atoms with van der Waals surface area (Å²) in [6.07, 6.45) is 4.58. The summed E-state index contributed by atoms with van der Waals surface area (Å²) in [5.74, 6) is 1.54. The van der Waals surface area contributed by atoms with Gasteiger partial charge in [-0.2, -0.15) is 0 Å². The van der Waals surface area contributed by atoms with E-state index in [0.717, 1.165) is 52.4 Å². The zero-order valence-electron chi connectivity index (χ0n) is 15.8. The van der Waals surface area contributed by atoms with Crippen LogP contribution in [0.1, 0.15) is 18.9 Å². The first-order chi connectivity index (χ1) is 13.6. The number of aromatic nitrogens is 3. The maximum absolute atomic E-state index is 11.3. The van der Waals surface area contributed by atoms with E-state index in [1.54, 1.807) is 24.5 Å². The van der Waals surface area contributed by atoms with Gasteiger partial charge < -0.3 is 15.5 Å². The van der Waals surface area contributed by atoms with Crippen LogP contribution < -0.4 is 15.5 Å². The highest BCUT2D eigenvalue weighted by Crippen LogP contribution is 2.32. The second-order valence-electron chi connectivity index (χ2n) is 6.89. The molecule has 1 saturated heterocycles. The molecule has 1 amide bonds. The number of carbonyl (C=O) groups is 1. The van der Waals surface area contributed by atoms with E-state index in [1.165, 1.54) is 0 Å². The predicted molar refractivity (Wildman–Crippen MR) is 112 cm³/mol. The Morgan fingerprint density at radius 2 is 2.14 bits per heavy atom. The van der Waals surface area contributed by atoms with Gasteiger partial charge in [0.15, 0.2) is 5.13 Å². The molecule has 0 bridgehead atoms. The van der Waals surface area contributed by atoms with Crippen LogP contribution in [-0.2, 0) is 4.79 Å². The number of aryl methyl sites for hydroxylation is 1. The number of pyridine rings is 2. The van der Waals surface area contributed by atoms with Gasteiger partial charge in [-0.25, -0.2) is 15.0 Å². The molecule has 0 aromatic carbocycles. The van der Waals surface area contributed by atoms with Crippen molar-refractivity contribution < 1.29 is 4.79 Å². The van der Waals surface area contributed by atoms with E-state index in [1.807, 2.05) is 43.5 Å². The Bertz CT molecular complexity index is 988. The lowest BCUT2D eigenvalue weighted by Gasteiger charge is -2.15.